The Labute approximate surface area is 169 Å². The molecule has 28 heavy (non-hydrogen) atoms. The van der Waals surface area contributed by atoms with Gasteiger partial charge >= 0.3 is 0 Å². The molecule has 0 spiro atoms. The fourth-order valence-electron chi connectivity index (χ4n) is 3.84. The molecule has 1 nitrogen and oxygen atoms in total. The number of para-hydroxylation sites is 1. The summed E-state index contributed by atoms with van der Waals surface area (Å²) in [4.78, 5) is 0. The van der Waals surface area contributed by atoms with Gasteiger partial charge in [0.25, 0.3) is 0 Å². The first-order valence-corrected chi connectivity index (χ1v) is 10.5. The zero-order valence-corrected chi connectivity index (χ0v) is 17.4. The molecule has 0 atom stereocenters. The molecule has 0 aliphatic heterocycles. The first-order valence-electron chi connectivity index (χ1n) is 10.5. The lowest BCUT2D eigenvalue weighted by molar-refractivity contribution is 0.616. The Hall–Kier alpha value is -2.80. The van der Waals surface area contributed by atoms with Crippen molar-refractivity contribution in [2.45, 2.75) is 46.6 Å². The smallest absolute Gasteiger partial charge is 0.0486 e. The van der Waals surface area contributed by atoms with Crippen LogP contribution in [0, 0.1) is 0 Å². The maximum absolute atomic E-state index is 4.49. The number of benzene rings is 3. The molecule has 0 amide bonds. The van der Waals surface area contributed by atoms with Crippen molar-refractivity contribution in [3.8, 4) is 0 Å². The van der Waals surface area contributed by atoms with Crippen LogP contribution in [0.25, 0.3) is 27.2 Å². The highest BCUT2D eigenvalue weighted by atomic mass is 15.0. The maximum atomic E-state index is 4.49. The molecule has 0 radical (unpaired) electrons. The minimum Gasteiger partial charge on any atom is -0.347 e. The molecule has 4 rings (SSSR count). The van der Waals surface area contributed by atoms with Crippen molar-refractivity contribution in [2.75, 3.05) is 0 Å². The fraction of sp³-hybridized carbons (Fsp3) is 0.259. The average molecular weight is 370 g/mol. The molecule has 0 unspecified atom stereocenters. The quantitative estimate of drug-likeness (QED) is 0.303. The first kappa shape index (κ1) is 19.9. The minimum atomic E-state index is 1.07. The Bertz CT molecular complexity index is 1060. The number of hydrogen-bond donors (Lipinski definition) is 0. The monoisotopic (exact) mass is 369 g/mol. The SMILES string of the molecule is C=C(c1cccc2ccccc12)c1cn(CCCCC)c2ccccc12.CC. The molecule has 0 saturated heterocycles. The molecule has 144 valence electrons. The summed E-state index contributed by atoms with van der Waals surface area (Å²) in [5.41, 5.74) is 4.88. The van der Waals surface area contributed by atoms with Crippen LogP contribution in [0.1, 0.15) is 51.2 Å². The summed E-state index contributed by atoms with van der Waals surface area (Å²) in [6.07, 6.45) is 6.03. The van der Waals surface area contributed by atoms with E-state index in [1.807, 2.05) is 13.8 Å². The number of unbranched alkanes of at least 4 members (excludes halogenated alkanes) is 2. The Kier molecular flexibility index (Phi) is 6.71. The van der Waals surface area contributed by atoms with Gasteiger partial charge in [0.15, 0.2) is 0 Å². The second-order valence-electron chi connectivity index (χ2n) is 6.97. The van der Waals surface area contributed by atoms with Crippen LogP contribution >= 0.6 is 0 Å². The summed E-state index contributed by atoms with van der Waals surface area (Å²) in [6, 6.07) is 23.7. The van der Waals surface area contributed by atoms with Gasteiger partial charge in [-0.15, -0.1) is 0 Å². The molecule has 1 heterocycles. The number of aromatic nitrogens is 1. The predicted molar refractivity (Wildman–Crippen MR) is 125 cm³/mol. The van der Waals surface area contributed by atoms with Crippen molar-refractivity contribution in [1.82, 2.24) is 4.57 Å². The van der Waals surface area contributed by atoms with Gasteiger partial charge in [-0.25, -0.2) is 0 Å². The molecule has 0 aliphatic rings. The van der Waals surface area contributed by atoms with E-state index in [1.165, 1.54) is 52.1 Å². The minimum absolute atomic E-state index is 1.07. The third-order valence-electron chi connectivity index (χ3n) is 5.23. The van der Waals surface area contributed by atoms with E-state index >= 15 is 0 Å². The van der Waals surface area contributed by atoms with Gasteiger partial charge in [0.05, 0.1) is 0 Å². The fourth-order valence-corrected chi connectivity index (χ4v) is 3.84. The van der Waals surface area contributed by atoms with E-state index in [2.05, 4.69) is 91.0 Å². The van der Waals surface area contributed by atoms with Crippen LogP contribution in [-0.2, 0) is 6.54 Å². The van der Waals surface area contributed by atoms with Crippen LogP contribution in [0.4, 0.5) is 0 Å². The summed E-state index contributed by atoms with van der Waals surface area (Å²) >= 11 is 0. The van der Waals surface area contributed by atoms with E-state index in [1.54, 1.807) is 0 Å². The molecule has 1 aromatic heterocycles. The Morgan fingerprint density at radius 2 is 1.46 bits per heavy atom. The van der Waals surface area contributed by atoms with E-state index in [0.717, 1.165) is 12.1 Å². The molecule has 0 fully saturated rings. The van der Waals surface area contributed by atoms with E-state index < -0.39 is 0 Å². The molecule has 0 N–H and O–H groups in total. The number of aryl methyl sites for hydroxylation is 1. The van der Waals surface area contributed by atoms with Crippen LogP contribution < -0.4 is 0 Å². The van der Waals surface area contributed by atoms with Crippen LogP contribution in [-0.4, -0.2) is 4.57 Å². The largest absolute Gasteiger partial charge is 0.347 e. The number of nitrogens with zero attached hydrogens (tertiary/aromatic N) is 1. The van der Waals surface area contributed by atoms with Crippen LogP contribution in [0.15, 0.2) is 79.5 Å². The highest BCUT2D eigenvalue weighted by Gasteiger charge is 2.13. The topological polar surface area (TPSA) is 4.93 Å². The zero-order valence-electron chi connectivity index (χ0n) is 17.4. The molecule has 0 bridgehead atoms. The summed E-state index contributed by atoms with van der Waals surface area (Å²) in [5, 5.41) is 3.82. The van der Waals surface area contributed by atoms with Gasteiger partial charge in [0.2, 0.25) is 0 Å². The molecular formula is C27H31N. The molecular weight excluding hydrogens is 338 g/mol. The molecule has 4 aromatic rings. The summed E-state index contributed by atoms with van der Waals surface area (Å²) < 4.78 is 2.40. The van der Waals surface area contributed by atoms with Crippen molar-refractivity contribution in [3.63, 3.8) is 0 Å². The van der Waals surface area contributed by atoms with Gasteiger partial charge in [-0.05, 0) is 34.4 Å². The van der Waals surface area contributed by atoms with Gasteiger partial charge in [0, 0.05) is 29.2 Å². The molecule has 0 saturated carbocycles. The summed E-state index contributed by atoms with van der Waals surface area (Å²) in [7, 11) is 0. The third kappa shape index (κ3) is 3.89. The number of fused-ring (bicyclic) bond motifs is 2. The van der Waals surface area contributed by atoms with Gasteiger partial charge in [-0.2, -0.15) is 0 Å². The molecule has 1 heteroatoms. The standard InChI is InChI=1S/C25H25N.C2H6/c1-3-4-9-17-26-18-24(23-14-7-8-16-25(23)26)19(2)21-15-10-12-20-11-5-6-13-22(20)21;1-2/h5-8,10-16,18H,2-4,9,17H2,1H3;1-2H3. The first-order chi connectivity index (χ1) is 13.8. The summed E-state index contributed by atoms with van der Waals surface area (Å²) in [5.74, 6) is 0. The third-order valence-corrected chi connectivity index (χ3v) is 5.23. The van der Waals surface area contributed by atoms with Crippen molar-refractivity contribution < 1.29 is 0 Å². The van der Waals surface area contributed by atoms with Crippen molar-refractivity contribution >= 4 is 27.2 Å². The second kappa shape index (κ2) is 9.41. The second-order valence-corrected chi connectivity index (χ2v) is 6.97. The number of rotatable bonds is 6. The Balaban J connectivity index is 0.00000109. The normalized spacial score (nSPS) is 10.7. The van der Waals surface area contributed by atoms with E-state index in [4.69, 9.17) is 0 Å². The lowest BCUT2D eigenvalue weighted by atomic mass is 9.94. The van der Waals surface area contributed by atoms with E-state index in [9.17, 15) is 0 Å². The average Bonchev–Trinajstić information content (AvgIpc) is 3.13. The Morgan fingerprint density at radius 1 is 0.786 bits per heavy atom. The predicted octanol–water partition coefficient (Wildman–Crippen LogP) is 8.07. The highest BCUT2D eigenvalue weighted by molar-refractivity contribution is 6.03. The highest BCUT2D eigenvalue weighted by Crippen LogP contribution is 2.34. The Morgan fingerprint density at radius 3 is 2.25 bits per heavy atom. The maximum Gasteiger partial charge on any atom is 0.0486 e. The van der Waals surface area contributed by atoms with Gasteiger partial charge in [0.1, 0.15) is 0 Å². The summed E-state index contributed by atoms with van der Waals surface area (Å²) in [6.45, 7) is 11.8. The van der Waals surface area contributed by atoms with Crippen LogP contribution in [0.3, 0.4) is 0 Å². The van der Waals surface area contributed by atoms with Crippen molar-refractivity contribution in [1.29, 1.82) is 0 Å². The van der Waals surface area contributed by atoms with Gasteiger partial charge in [-0.1, -0.05) is 101 Å². The number of hydrogen-bond acceptors (Lipinski definition) is 0. The molecule has 0 aliphatic carbocycles. The lowest BCUT2D eigenvalue weighted by Crippen LogP contribution is -1.95. The van der Waals surface area contributed by atoms with Crippen molar-refractivity contribution in [2.24, 2.45) is 0 Å². The zero-order chi connectivity index (χ0) is 19.9. The lowest BCUT2D eigenvalue weighted by Gasteiger charge is -2.09. The van der Waals surface area contributed by atoms with Gasteiger partial charge < -0.3 is 4.57 Å². The van der Waals surface area contributed by atoms with Crippen LogP contribution in [0.5, 0.6) is 0 Å². The van der Waals surface area contributed by atoms with Crippen LogP contribution in [0.2, 0.25) is 0 Å². The van der Waals surface area contributed by atoms with E-state index in [-0.39, 0.29) is 0 Å². The van der Waals surface area contributed by atoms with E-state index in [0.29, 0.717) is 0 Å². The van der Waals surface area contributed by atoms with Gasteiger partial charge in [-0.3, -0.25) is 0 Å². The van der Waals surface area contributed by atoms with Crippen molar-refractivity contribution in [3.05, 3.63) is 90.6 Å². The molecule has 3 aromatic carbocycles.